The van der Waals surface area contributed by atoms with E-state index in [-0.39, 0.29) is 0 Å². The van der Waals surface area contributed by atoms with Crippen molar-refractivity contribution in [3.8, 4) is 0 Å². The van der Waals surface area contributed by atoms with Crippen LogP contribution in [0.4, 0.5) is 79.0 Å². The van der Waals surface area contributed by atoms with Gasteiger partial charge in [0, 0.05) is 0 Å². The van der Waals surface area contributed by atoms with Gasteiger partial charge in [-0.1, -0.05) is 0 Å². The van der Waals surface area contributed by atoms with Gasteiger partial charge in [-0.25, -0.2) is 0 Å². The molecule has 0 saturated heterocycles. The SMILES string of the molecule is [CH2]C(CCc1c(C(F)(F)F)ccc(C(F)(F)F)c1C(F)(F)F)c1c(C(F)(F)F)cc(C(F)(F)F)cc1C(F)(F)F. The molecule has 1 unspecified atom stereocenters. The van der Waals surface area contributed by atoms with Crippen molar-refractivity contribution in [2.24, 2.45) is 0 Å². The lowest BCUT2D eigenvalue weighted by Crippen LogP contribution is -2.24. The van der Waals surface area contributed by atoms with Crippen LogP contribution in [0, 0.1) is 6.92 Å². The third-order valence-electron chi connectivity index (χ3n) is 5.48. The monoisotopic (exact) mass is 617 g/mol. The lowest BCUT2D eigenvalue weighted by Gasteiger charge is -2.26. The van der Waals surface area contributed by atoms with Gasteiger partial charge in [0.1, 0.15) is 0 Å². The second-order valence-electron chi connectivity index (χ2n) is 8.22. The van der Waals surface area contributed by atoms with Crippen LogP contribution in [-0.2, 0) is 43.5 Å². The highest BCUT2D eigenvalue weighted by Gasteiger charge is 2.49. The average Bonchev–Trinajstić information content (AvgIpc) is 2.71. The Balaban J connectivity index is 2.84. The highest BCUT2D eigenvalue weighted by atomic mass is 19.4. The highest BCUT2D eigenvalue weighted by molar-refractivity contribution is 5.48. The van der Waals surface area contributed by atoms with Crippen molar-refractivity contribution in [3.63, 3.8) is 0 Å². The van der Waals surface area contributed by atoms with E-state index in [9.17, 15) is 79.0 Å². The molecule has 0 saturated carbocycles. The third kappa shape index (κ3) is 7.27. The molecule has 0 fully saturated rings. The van der Waals surface area contributed by atoms with Crippen molar-refractivity contribution in [2.45, 2.75) is 55.8 Å². The number of alkyl halides is 18. The van der Waals surface area contributed by atoms with Crippen LogP contribution in [0.3, 0.4) is 0 Å². The van der Waals surface area contributed by atoms with Gasteiger partial charge < -0.3 is 0 Å². The molecule has 0 nitrogen and oxygen atoms in total. The van der Waals surface area contributed by atoms with Crippen LogP contribution in [-0.4, -0.2) is 0 Å². The van der Waals surface area contributed by atoms with E-state index in [4.69, 9.17) is 0 Å². The van der Waals surface area contributed by atoms with Crippen LogP contribution in [0.1, 0.15) is 56.8 Å². The van der Waals surface area contributed by atoms with E-state index in [2.05, 4.69) is 6.92 Å². The Bertz CT molecular complexity index is 1180. The first-order valence-corrected chi connectivity index (χ1v) is 10.2. The van der Waals surface area contributed by atoms with Gasteiger partial charge in [-0.15, -0.1) is 0 Å². The van der Waals surface area contributed by atoms with Crippen LogP contribution in [0.5, 0.6) is 0 Å². The Hall–Kier alpha value is -2.82. The normalized spacial score (nSPS) is 15.0. The van der Waals surface area contributed by atoms with Gasteiger partial charge in [0.15, 0.2) is 0 Å². The smallest absolute Gasteiger partial charge is 0.166 e. The van der Waals surface area contributed by atoms with Gasteiger partial charge in [0.25, 0.3) is 0 Å². The van der Waals surface area contributed by atoms with E-state index in [1.54, 1.807) is 0 Å². The summed E-state index contributed by atoms with van der Waals surface area (Å²) in [7, 11) is 0. The molecule has 225 valence electrons. The molecule has 0 N–H and O–H groups in total. The summed E-state index contributed by atoms with van der Waals surface area (Å²) < 4.78 is 241. The standard InChI is InChI=1S/C22H11F18/c1-8(15-13(20(32,33)34)6-9(17(23,24)25)7-14(15)21(35,36)37)2-3-10-11(18(26,27)28)4-5-12(19(29,30)31)16(10)22(38,39)40/h4-8H,1-3H2. The molecular weight excluding hydrogens is 606 g/mol. The molecule has 2 rings (SSSR count). The van der Waals surface area contributed by atoms with Crippen LogP contribution < -0.4 is 0 Å². The zero-order chi connectivity index (χ0) is 31.4. The molecule has 0 aromatic heterocycles. The predicted molar refractivity (Wildman–Crippen MR) is 99.3 cm³/mol. The summed E-state index contributed by atoms with van der Waals surface area (Å²) in [6.07, 6.45) is -38.9. The van der Waals surface area contributed by atoms with Crippen molar-refractivity contribution in [2.75, 3.05) is 0 Å². The van der Waals surface area contributed by atoms with Gasteiger partial charge >= 0.3 is 37.1 Å². The van der Waals surface area contributed by atoms with Crippen LogP contribution in [0.2, 0.25) is 0 Å². The minimum absolute atomic E-state index is 0.397. The van der Waals surface area contributed by atoms with Crippen molar-refractivity contribution in [3.05, 3.63) is 75.7 Å². The summed E-state index contributed by atoms with van der Waals surface area (Å²) in [4.78, 5) is 0. The number of rotatable bonds is 4. The summed E-state index contributed by atoms with van der Waals surface area (Å²) in [5.74, 6) is -2.60. The zero-order valence-electron chi connectivity index (χ0n) is 18.8. The number of benzene rings is 2. The largest absolute Gasteiger partial charge is 0.417 e. The van der Waals surface area contributed by atoms with E-state index in [0.29, 0.717) is 0 Å². The van der Waals surface area contributed by atoms with Gasteiger partial charge in [-0.2, -0.15) is 79.0 Å². The molecule has 1 atom stereocenters. The summed E-state index contributed by atoms with van der Waals surface area (Å²) in [6.45, 7) is 2.85. The Morgan fingerprint density at radius 1 is 0.500 bits per heavy atom. The Morgan fingerprint density at radius 2 is 0.875 bits per heavy atom. The van der Waals surface area contributed by atoms with E-state index in [1.165, 1.54) is 0 Å². The van der Waals surface area contributed by atoms with Crippen LogP contribution in [0.15, 0.2) is 24.3 Å². The Kier molecular flexibility index (Phi) is 8.53. The second kappa shape index (κ2) is 10.2. The molecular formula is C22H11F18. The molecule has 2 aromatic rings. The maximum atomic E-state index is 13.6. The van der Waals surface area contributed by atoms with E-state index in [0.717, 1.165) is 0 Å². The van der Waals surface area contributed by atoms with E-state index in [1.807, 2.05) is 0 Å². The van der Waals surface area contributed by atoms with Gasteiger partial charge in [-0.05, 0) is 61.1 Å². The zero-order valence-corrected chi connectivity index (χ0v) is 18.8. The quantitative estimate of drug-likeness (QED) is 0.300. The molecule has 0 spiro atoms. The van der Waals surface area contributed by atoms with Crippen molar-refractivity contribution >= 4 is 0 Å². The van der Waals surface area contributed by atoms with Gasteiger partial charge in [0.05, 0.1) is 33.4 Å². The topological polar surface area (TPSA) is 0 Å². The summed E-state index contributed by atoms with van der Waals surface area (Å²) in [5.41, 5.74) is -19.7. The predicted octanol–water partition coefficient (Wildman–Crippen LogP) is 10.3. The molecule has 0 aliphatic heterocycles. The molecule has 0 amide bonds. The lowest BCUT2D eigenvalue weighted by molar-refractivity contribution is -0.164. The summed E-state index contributed by atoms with van der Waals surface area (Å²) >= 11 is 0. The summed E-state index contributed by atoms with van der Waals surface area (Å²) in [6, 6.07) is -2.45. The van der Waals surface area contributed by atoms with Gasteiger partial charge in [-0.3, -0.25) is 0 Å². The second-order valence-corrected chi connectivity index (χ2v) is 8.22. The van der Waals surface area contributed by atoms with Crippen molar-refractivity contribution < 1.29 is 79.0 Å². The molecule has 0 aliphatic carbocycles. The molecule has 1 radical (unpaired) electrons. The third-order valence-corrected chi connectivity index (χ3v) is 5.48. The highest BCUT2D eigenvalue weighted by Crippen LogP contribution is 2.49. The first-order valence-electron chi connectivity index (χ1n) is 10.2. The van der Waals surface area contributed by atoms with E-state index >= 15 is 0 Å². The molecule has 40 heavy (non-hydrogen) atoms. The fourth-order valence-electron chi connectivity index (χ4n) is 3.92. The first kappa shape index (κ1) is 33.4. The maximum Gasteiger partial charge on any atom is 0.417 e. The number of halogens is 18. The van der Waals surface area contributed by atoms with Crippen molar-refractivity contribution in [1.82, 2.24) is 0 Å². The first-order chi connectivity index (χ1) is 17.6. The lowest BCUT2D eigenvalue weighted by atomic mass is 9.83. The van der Waals surface area contributed by atoms with E-state index < -0.39 is 125 Å². The Labute approximate surface area is 211 Å². The molecule has 18 heteroatoms. The fraction of sp³-hybridized carbons (Fsp3) is 0.409. The molecule has 0 heterocycles. The maximum absolute atomic E-state index is 13.6. The average molecular weight is 617 g/mol. The minimum atomic E-state index is -6.14. The minimum Gasteiger partial charge on any atom is -0.166 e. The van der Waals surface area contributed by atoms with Crippen molar-refractivity contribution in [1.29, 1.82) is 0 Å². The number of hydrogen-bond acceptors (Lipinski definition) is 0. The molecule has 0 aliphatic rings. The fourth-order valence-corrected chi connectivity index (χ4v) is 3.92. The summed E-state index contributed by atoms with van der Waals surface area (Å²) in [5, 5.41) is 0. The van der Waals surface area contributed by atoms with Gasteiger partial charge in [0.2, 0.25) is 0 Å². The molecule has 2 aromatic carbocycles. The number of hydrogen-bond donors (Lipinski definition) is 0. The van der Waals surface area contributed by atoms with Crippen LogP contribution in [0.25, 0.3) is 0 Å². The Morgan fingerprint density at radius 3 is 1.20 bits per heavy atom. The molecule has 0 bridgehead atoms. The van der Waals surface area contributed by atoms with Crippen LogP contribution >= 0.6 is 0 Å².